The SMILES string of the molecule is CN1C(=O)/C(=C/c2ccc(O)c(O)c2)SC1=Nc1ccc(C(=O)O)c(O)c1. The van der Waals surface area contributed by atoms with Gasteiger partial charge in [0.15, 0.2) is 16.7 Å². The highest BCUT2D eigenvalue weighted by Gasteiger charge is 2.30. The van der Waals surface area contributed by atoms with Gasteiger partial charge in [0, 0.05) is 13.1 Å². The molecule has 1 aliphatic heterocycles. The van der Waals surface area contributed by atoms with Crippen LogP contribution in [0.25, 0.3) is 6.08 Å². The van der Waals surface area contributed by atoms with Crippen molar-refractivity contribution in [3.05, 3.63) is 52.4 Å². The number of carbonyl (C=O) groups excluding carboxylic acids is 1. The third kappa shape index (κ3) is 3.72. The smallest absolute Gasteiger partial charge is 0.339 e. The highest BCUT2D eigenvalue weighted by atomic mass is 32.2. The minimum absolute atomic E-state index is 0.241. The molecule has 0 aromatic heterocycles. The van der Waals surface area contributed by atoms with Crippen molar-refractivity contribution in [1.29, 1.82) is 0 Å². The number of nitrogens with zero attached hydrogens (tertiary/aromatic N) is 2. The molecule has 0 bridgehead atoms. The van der Waals surface area contributed by atoms with Gasteiger partial charge >= 0.3 is 5.97 Å². The average molecular weight is 386 g/mol. The maximum absolute atomic E-state index is 12.4. The fourth-order valence-corrected chi connectivity index (χ4v) is 3.30. The van der Waals surface area contributed by atoms with Crippen molar-refractivity contribution in [2.45, 2.75) is 0 Å². The molecule has 0 aliphatic carbocycles. The first-order valence-corrected chi connectivity index (χ1v) is 8.42. The van der Waals surface area contributed by atoms with Crippen LogP contribution in [0.1, 0.15) is 15.9 Å². The zero-order chi connectivity index (χ0) is 19.7. The Balaban J connectivity index is 1.90. The van der Waals surface area contributed by atoms with E-state index in [0.29, 0.717) is 21.3 Å². The van der Waals surface area contributed by atoms with E-state index in [-0.39, 0.29) is 23.0 Å². The van der Waals surface area contributed by atoms with E-state index in [9.17, 15) is 24.9 Å². The lowest BCUT2D eigenvalue weighted by molar-refractivity contribution is -0.121. The van der Waals surface area contributed by atoms with Crippen LogP contribution in [0, 0.1) is 0 Å². The molecule has 1 fully saturated rings. The number of benzene rings is 2. The molecule has 2 aromatic rings. The Morgan fingerprint density at radius 2 is 1.81 bits per heavy atom. The van der Waals surface area contributed by atoms with Crippen molar-refractivity contribution in [2.75, 3.05) is 7.05 Å². The summed E-state index contributed by atoms with van der Waals surface area (Å²) in [7, 11) is 1.54. The number of carbonyl (C=O) groups is 2. The van der Waals surface area contributed by atoms with Crippen molar-refractivity contribution >= 4 is 40.6 Å². The Morgan fingerprint density at radius 1 is 1.07 bits per heavy atom. The quantitative estimate of drug-likeness (QED) is 0.471. The van der Waals surface area contributed by atoms with E-state index < -0.39 is 11.7 Å². The lowest BCUT2D eigenvalue weighted by Crippen LogP contribution is -2.23. The molecule has 0 atom stereocenters. The number of aromatic hydroxyl groups is 3. The molecular weight excluding hydrogens is 372 g/mol. The van der Waals surface area contributed by atoms with Gasteiger partial charge in [-0.3, -0.25) is 9.69 Å². The third-order valence-electron chi connectivity index (χ3n) is 3.74. The molecule has 0 spiro atoms. The maximum atomic E-state index is 12.4. The van der Waals surface area contributed by atoms with E-state index in [1.165, 1.54) is 42.3 Å². The van der Waals surface area contributed by atoms with Crippen molar-refractivity contribution < 1.29 is 30.0 Å². The Hall–Kier alpha value is -3.46. The van der Waals surface area contributed by atoms with Gasteiger partial charge in [-0.15, -0.1) is 0 Å². The molecule has 3 rings (SSSR count). The average Bonchev–Trinajstić information content (AvgIpc) is 2.86. The lowest BCUT2D eigenvalue weighted by Gasteiger charge is -2.07. The van der Waals surface area contributed by atoms with Crippen LogP contribution in [0.3, 0.4) is 0 Å². The number of carboxylic acid groups (broad SMARTS) is 1. The highest BCUT2D eigenvalue weighted by Crippen LogP contribution is 2.35. The van der Waals surface area contributed by atoms with Crippen LogP contribution in [0.15, 0.2) is 46.3 Å². The van der Waals surface area contributed by atoms with Gasteiger partial charge < -0.3 is 20.4 Å². The van der Waals surface area contributed by atoms with E-state index in [0.717, 1.165) is 11.8 Å². The summed E-state index contributed by atoms with van der Waals surface area (Å²) in [6.07, 6.45) is 1.55. The molecule has 8 nitrogen and oxygen atoms in total. The molecule has 2 aromatic carbocycles. The van der Waals surface area contributed by atoms with Crippen LogP contribution in [-0.2, 0) is 4.79 Å². The van der Waals surface area contributed by atoms with Crippen molar-refractivity contribution in [1.82, 2.24) is 4.90 Å². The summed E-state index contributed by atoms with van der Waals surface area (Å²) in [5.74, 6) is -2.53. The third-order valence-corrected chi connectivity index (χ3v) is 4.80. The molecule has 0 saturated carbocycles. The number of thioether (sulfide) groups is 1. The Bertz CT molecular complexity index is 1010. The molecule has 1 aliphatic rings. The van der Waals surface area contributed by atoms with Gasteiger partial charge in [0.05, 0.1) is 10.6 Å². The normalized spacial score (nSPS) is 17.1. The van der Waals surface area contributed by atoms with Gasteiger partial charge in [-0.25, -0.2) is 9.79 Å². The lowest BCUT2D eigenvalue weighted by atomic mass is 10.2. The summed E-state index contributed by atoms with van der Waals surface area (Å²) < 4.78 is 0. The van der Waals surface area contributed by atoms with Crippen LogP contribution in [0.5, 0.6) is 17.2 Å². The van der Waals surface area contributed by atoms with E-state index in [1.807, 2.05) is 0 Å². The highest BCUT2D eigenvalue weighted by molar-refractivity contribution is 8.18. The molecule has 1 amide bonds. The maximum Gasteiger partial charge on any atom is 0.339 e. The van der Waals surface area contributed by atoms with Crippen LogP contribution in [0.4, 0.5) is 5.69 Å². The zero-order valence-corrected chi connectivity index (χ0v) is 14.8. The van der Waals surface area contributed by atoms with E-state index in [4.69, 9.17) is 5.11 Å². The van der Waals surface area contributed by atoms with Crippen LogP contribution >= 0.6 is 11.8 Å². The second-order valence-corrected chi connectivity index (χ2v) is 6.63. The fourth-order valence-electron chi connectivity index (χ4n) is 2.31. The number of aliphatic imine (C=N–C) groups is 1. The molecule has 27 heavy (non-hydrogen) atoms. The number of phenols is 3. The van der Waals surface area contributed by atoms with E-state index >= 15 is 0 Å². The van der Waals surface area contributed by atoms with Gasteiger partial charge in [-0.05, 0) is 47.7 Å². The molecule has 1 heterocycles. The second kappa shape index (κ2) is 7.04. The van der Waals surface area contributed by atoms with Crippen LogP contribution in [-0.4, -0.2) is 49.4 Å². The van der Waals surface area contributed by atoms with Gasteiger partial charge in [0.25, 0.3) is 5.91 Å². The van der Waals surface area contributed by atoms with Gasteiger partial charge in [0.2, 0.25) is 0 Å². The van der Waals surface area contributed by atoms with Gasteiger partial charge in [0.1, 0.15) is 11.3 Å². The fraction of sp³-hybridized carbons (Fsp3) is 0.0556. The molecule has 1 saturated heterocycles. The topological polar surface area (TPSA) is 131 Å². The number of hydrogen-bond acceptors (Lipinski definition) is 7. The monoisotopic (exact) mass is 386 g/mol. The molecule has 4 N–H and O–H groups in total. The molecule has 138 valence electrons. The van der Waals surface area contributed by atoms with Gasteiger partial charge in [-0.2, -0.15) is 0 Å². The molecule has 0 unspecified atom stereocenters. The second-order valence-electron chi connectivity index (χ2n) is 5.62. The molecular formula is C18H14N2O6S. The minimum atomic E-state index is -1.25. The number of carboxylic acids is 1. The predicted molar refractivity (Wildman–Crippen MR) is 100 cm³/mol. The number of hydrogen-bond donors (Lipinski definition) is 4. The molecule has 0 radical (unpaired) electrons. The molecule has 9 heteroatoms. The van der Waals surface area contributed by atoms with E-state index in [2.05, 4.69) is 4.99 Å². The summed E-state index contributed by atoms with van der Waals surface area (Å²) in [6.45, 7) is 0. The van der Waals surface area contributed by atoms with Crippen LogP contribution in [0.2, 0.25) is 0 Å². The van der Waals surface area contributed by atoms with Crippen molar-refractivity contribution in [3.8, 4) is 17.2 Å². The Labute approximate surface area is 157 Å². The van der Waals surface area contributed by atoms with Crippen LogP contribution < -0.4 is 0 Å². The first-order chi connectivity index (χ1) is 12.8. The number of phenolic OH excluding ortho intramolecular Hbond substituents is 2. The first kappa shape index (κ1) is 18.3. The Morgan fingerprint density at radius 3 is 2.44 bits per heavy atom. The van der Waals surface area contributed by atoms with Gasteiger partial charge in [-0.1, -0.05) is 6.07 Å². The standard InChI is InChI=1S/C18H14N2O6S/c1-20-16(24)15(7-9-2-5-12(21)14(23)6-9)27-18(20)19-10-3-4-11(17(25)26)13(22)8-10/h2-8,21-23H,1H3,(H,25,26)/b15-7-,19-18?. The summed E-state index contributed by atoms with van der Waals surface area (Å²) in [5.41, 5.74) is 0.581. The summed E-state index contributed by atoms with van der Waals surface area (Å²) in [5, 5.41) is 37.9. The first-order valence-electron chi connectivity index (χ1n) is 7.61. The van der Waals surface area contributed by atoms with Crippen molar-refractivity contribution in [3.63, 3.8) is 0 Å². The largest absolute Gasteiger partial charge is 0.507 e. The number of aromatic carboxylic acids is 1. The summed E-state index contributed by atoms with van der Waals surface area (Å²) >= 11 is 1.09. The Kier molecular flexibility index (Phi) is 4.78. The minimum Gasteiger partial charge on any atom is -0.507 e. The summed E-state index contributed by atoms with van der Waals surface area (Å²) in [4.78, 5) is 29.3. The number of likely N-dealkylation sites (N-methyl/N-ethyl adjacent to an activating group) is 1. The van der Waals surface area contributed by atoms with E-state index in [1.54, 1.807) is 12.1 Å². The number of amides is 1. The number of amidine groups is 1. The number of rotatable bonds is 3. The zero-order valence-electron chi connectivity index (χ0n) is 13.9. The van der Waals surface area contributed by atoms with Crippen molar-refractivity contribution in [2.24, 2.45) is 4.99 Å². The summed E-state index contributed by atoms with van der Waals surface area (Å²) in [6, 6.07) is 8.05. The predicted octanol–water partition coefficient (Wildman–Crippen LogP) is 2.74.